The summed E-state index contributed by atoms with van der Waals surface area (Å²) in [5.74, 6) is 0.396. The van der Waals surface area contributed by atoms with Gasteiger partial charge in [-0.15, -0.1) is 0 Å². The van der Waals surface area contributed by atoms with E-state index in [9.17, 15) is 9.50 Å². The van der Waals surface area contributed by atoms with Crippen LogP contribution in [0.5, 0.6) is 0 Å². The van der Waals surface area contributed by atoms with Crippen LogP contribution in [0.3, 0.4) is 0 Å². The van der Waals surface area contributed by atoms with Gasteiger partial charge in [-0.1, -0.05) is 19.9 Å². The maximum Gasteiger partial charge on any atom is 0.146 e. The highest BCUT2D eigenvalue weighted by Crippen LogP contribution is 2.24. The minimum absolute atomic E-state index is 0.196. The van der Waals surface area contributed by atoms with Crippen molar-refractivity contribution in [2.24, 2.45) is 5.92 Å². The van der Waals surface area contributed by atoms with E-state index in [1.165, 1.54) is 0 Å². The second-order valence-corrected chi connectivity index (χ2v) is 5.70. The number of halogens is 1. The lowest BCUT2D eigenvalue weighted by Crippen LogP contribution is -2.22. The molecule has 1 saturated heterocycles. The summed E-state index contributed by atoms with van der Waals surface area (Å²) in [6, 6.07) is 5.36. The van der Waals surface area contributed by atoms with E-state index < -0.39 is 0 Å². The first-order chi connectivity index (χ1) is 9.06. The van der Waals surface area contributed by atoms with Crippen LogP contribution in [0.4, 0.5) is 10.1 Å². The van der Waals surface area contributed by atoms with Crippen molar-refractivity contribution in [1.82, 2.24) is 5.32 Å². The molecule has 0 bridgehead atoms. The molecule has 2 N–H and O–H groups in total. The Morgan fingerprint density at radius 2 is 2.26 bits per heavy atom. The molecule has 1 heterocycles. The number of benzene rings is 1. The lowest BCUT2D eigenvalue weighted by molar-refractivity contribution is 0.198. The molecule has 1 atom stereocenters. The summed E-state index contributed by atoms with van der Waals surface area (Å²) in [6.07, 6.45) is 0.392. The number of nitrogens with one attached hydrogen (secondary N) is 1. The Bertz CT molecular complexity index is 423. The van der Waals surface area contributed by atoms with E-state index in [0.29, 0.717) is 24.7 Å². The molecule has 0 aliphatic carbocycles. The van der Waals surface area contributed by atoms with Crippen LogP contribution < -0.4 is 10.2 Å². The second-order valence-electron chi connectivity index (χ2n) is 5.70. The molecule has 1 aliphatic rings. The summed E-state index contributed by atoms with van der Waals surface area (Å²) in [6.45, 7) is 7.18. The largest absolute Gasteiger partial charge is 0.391 e. The monoisotopic (exact) mass is 266 g/mol. The van der Waals surface area contributed by atoms with Gasteiger partial charge < -0.3 is 15.3 Å². The summed E-state index contributed by atoms with van der Waals surface area (Å²) in [5, 5.41) is 12.8. The Morgan fingerprint density at radius 1 is 1.47 bits per heavy atom. The first-order valence-electron chi connectivity index (χ1n) is 6.98. The predicted molar refractivity (Wildman–Crippen MR) is 75.8 cm³/mol. The molecule has 1 aromatic rings. The molecule has 0 amide bonds. The Labute approximate surface area is 114 Å². The predicted octanol–water partition coefficient (Wildman–Crippen LogP) is 2.14. The van der Waals surface area contributed by atoms with Crippen LogP contribution in [0.25, 0.3) is 0 Å². The minimum Gasteiger partial charge on any atom is -0.391 e. The molecule has 0 saturated carbocycles. The standard InChI is InChI=1S/C15H23FN2O/c1-11(2)8-17-9-12-3-4-15(14(16)7-12)18-6-5-13(19)10-18/h3-4,7,11,13,17,19H,5-6,8-10H2,1-2H3. The average molecular weight is 266 g/mol. The van der Waals surface area contributed by atoms with Gasteiger partial charge in [0.1, 0.15) is 5.82 Å². The highest BCUT2D eigenvalue weighted by Gasteiger charge is 2.22. The lowest BCUT2D eigenvalue weighted by atomic mass is 10.1. The smallest absolute Gasteiger partial charge is 0.146 e. The Kier molecular flexibility index (Phi) is 4.77. The Balaban J connectivity index is 1.97. The third-order valence-corrected chi connectivity index (χ3v) is 3.40. The molecule has 1 aliphatic heterocycles. The zero-order valence-corrected chi connectivity index (χ0v) is 11.7. The van der Waals surface area contributed by atoms with Crippen LogP contribution in [0.15, 0.2) is 18.2 Å². The topological polar surface area (TPSA) is 35.5 Å². The van der Waals surface area contributed by atoms with Crippen LogP contribution >= 0.6 is 0 Å². The summed E-state index contributed by atoms with van der Waals surface area (Å²) >= 11 is 0. The molecule has 19 heavy (non-hydrogen) atoms. The molecule has 4 heteroatoms. The van der Waals surface area contributed by atoms with Crippen molar-refractivity contribution in [2.75, 3.05) is 24.5 Å². The van der Waals surface area contributed by atoms with Gasteiger partial charge in [-0.2, -0.15) is 0 Å². The zero-order valence-electron chi connectivity index (χ0n) is 11.7. The molecule has 2 rings (SSSR count). The summed E-state index contributed by atoms with van der Waals surface area (Å²) in [5.41, 5.74) is 1.56. The first-order valence-corrected chi connectivity index (χ1v) is 6.98. The van der Waals surface area contributed by atoms with E-state index >= 15 is 0 Å². The Morgan fingerprint density at radius 3 is 2.84 bits per heavy atom. The molecule has 0 radical (unpaired) electrons. The van der Waals surface area contributed by atoms with Crippen molar-refractivity contribution in [2.45, 2.75) is 32.9 Å². The van der Waals surface area contributed by atoms with E-state index in [2.05, 4.69) is 19.2 Å². The number of aliphatic hydroxyl groups is 1. The molecular formula is C15H23FN2O. The third-order valence-electron chi connectivity index (χ3n) is 3.40. The average Bonchev–Trinajstić information content (AvgIpc) is 2.75. The van der Waals surface area contributed by atoms with Gasteiger partial charge in [0.05, 0.1) is 11.8 Å². The SMILES string of the molecule is CC(C)CNCc1ccc(N2CCC(O)C2)c(F)c1. The van der Waals surface area contributed by atoms with E-state index in [1.807, 2.05) is 17.0 Å². The summed E-state index contributed by atoms with van der Waals surface area (Å²) in [4.78, 5) is 1.91. The van der Waals surface area contributed by atoms with Crippen molar-refractivity contribution < 1.29 is 9.50 Å². The minimum atomic E-state index is -0.327. The number of anilines is 1. The van der Waals surface area contributed by atoms with Crippen molar-refractivity contribution in [3.63, 3.8) is 0 Å². The lowest BCUT2D eigenvalue weighted by Gasteiger charge is -2.19. The summed E-state index contributed by atoms with van der Waals surface area (Å²) < 4.78 is 14.1. The molecule has 1 fully saturated rings. The number of hydrogen-bond acceptors (Lipinski definition) is 3. The van der Waals surface area contributed by atoms with E-state index in [0.717, 1.165) is 25.1 Å². The second kappa shape index (κ2) is 6.35. The highest BCUT2D eigenvalue weighted by atomic mass is 19.1. The van der Waals surface area contributed by atoms with Gasteiger partial charge in [-0.25, -0.2) is 4.39 Å². The number of nitrogens with zero attached hydrogens (tertiary/aromatic N) is 1. The number of rotatable bonds is 5. The van der Waals surface area contributed by atoms with Gasteiger partial charge in [0.25, 0.3) is 0 Å². The maximum atomic E-state index is 14.1. The van der Waals surface area contributed by atoms with Gasteiger partial charge in [0, 0.05) is 19.6 Å². The van der Waals surface area contributed by atoms with E-state index in [1.54, 1.807) is 6.07 Å². The van der Waals surface area contributed by atoms with Crippen molar-refractivity contribution >= 4 is 5.69 Å². The van der Waals surface area contributed by atoms with Gasteiger partial charge in [-0.3, -0.25) is 0 Å². The van der Waals surface area contributed by atoms with Crippen molar-refractivity contribution in [3.8, 4) is 0 Å². The van der Waals surface area contributed by atoms with Crippen molar-refractivity contribution in [1.29, 1.82) is 0 Å². The fraction of sp³-hybridized carbons (Fsp3) is 0.600. The van der Waals surface area contributed by atoms with Crippen molar-refractivity contribution in [3.05, 3.63) is 29.6 Å². The molecule has 1 unspecified atom stereocenters. The third kappa shape index (κ3) is 3.91. The quantitative estimate of drug-likeness (QED) is 0.857. The molecule has 0 aromatic heterocycles. The Hall–Kier alpha value is -1.13. The van der Waals surface area contributed by atoms with Gasteiger partial charge in [0.15, 0.2) is 0 Å². The van der Waals surface area contributed by atoms with Crippen LogP contribution in [0.1, 0.15) is 25.8 Å². The molecule has 1 aromatic carbocycles. The summed E-state index contributed by atoms with van der Waals surface area (Å²) in [7, 11) is 0. The fourth-order valence-electron chi connectivity index (χ4n) is 2.38. The van der Waals surface area contributed by atoms with Gasteiger partial charge >= 0.3 is 0 Å². The maximum absolute atomic E-state index is 14.1. The zero-order chi connectivity index (χ0) is 13.8. The molecular weight excluding hydrogens is 243 g/mol. The van der Waals surface area contributed by atoms with Crippen LogP contribution in [-0.2, 0) is 6.54 Å². The number of hydrogen-bond donors (Lipinski definition) is 2. The molecule has 0 spiro atoms. The highest BCUT2D eigenvalue weighted by molar-refractivity contribution is 5.50. The van der Waals surface area contributed by atoms with Crippen LogP contribution in [0, 0.1) is 11.7 Å². The van der Waals surface area contributed by atoms with E-state index in [4.69, 9.17) is 0 Å². The molecule has 3 nitrogen and oxygen atoms in total. The normalized spacial score (nSPS) is 19.4. The van der Waals surface area contributed by atoms with E-state index in [-0.39, 0.29) is 11.9 Å². The van der Waals surface area contributed by atoms with Gasteiger partial charge in [0.2, 0.25) is 0 Å². The van der Waals surface area contributed by atoms with Crippen LogP contribution in [0.2, 0.25) is 0 Å². The number of β-amino-alcohol motifs (C(OH)–C–C–N with tert-alkyl or cyclic N) is 1. The fourth-order valence-corrected chi connectivity index (χ4v) is 2.38. The van der Waals surface area contributed by atoms with Gasteiger partial charge in [-0.05, 0) is 36.6 Å². The number of aliphatic hydroxyl groups excluding tert-OH is 1. The van der Waals surface area contributed by atoms with Crippen LogP contribution in [-0.4, -0.2) is 30.8 Å². The molecule has 106 valence electrons. The first kappa shape index (κ1) is 14.3.